The monoisotopic (exact) mass is 228 g/mol. The summed E-state index contributed by atoms with van der Waals surface area (Å²) >= 11 is 0. The first kappa shape index (κ1) is 13.9. The van der Waals surface area contributed by atoms with Crippen LogP contribution in [0, 0.1) is 0 Å². The van der Waals surface area contributed by atoms with Crippen molar-refractivity contribution >= 4 is 0 Å². The van der Waals surface area contributed by atoms with Gasteiger partial charge in [-0.1, -0.05) is 6.92 Å². The Morgan fingerprint density at radius 1 is 1.00 bits per heavy atom. The largest absolute Gasteiger partial charge is 0.316 e. The van der Waals surface area contributed by atoms with E-state index < -0.39 is 0 Å². The van der Waals surface area contributed by atoms with Crippen LogP contribution in [0.1, 0.15) is 6.92 Å². The number of nitrogens with zero attached hydrogens (tertiary/aromatic N) is 3. The Kier molecular flexibility index (Phi) is 6.96. The van der Waals surface area contributed by atoms with Crippen molar-refractivity contribution in [2.75, 3.05) is 73.0 Å². The third-order valence-electron chi connectivity index (χ3n) is 3.18. The molecular weight excluding hydrogens is 200 g/mol. The van der Waals surface area contributed by atoms with Crippen LogP contribution in [0.4, 0.5) is 0 Å². The van der Waals surface area contributed by atoms with Gasteiger partial charge in [0.25, 0.3) is 0 Å². The normalized spacial score (nSPS) is 19.5. The van der Waals surface area contributed by atoms with Crippen LogP contribution in [-0.2, 0) is 0 Å². The summed E-state index contributed by atoms with van der Waals surface area (Å²) in [4.78, 5) is 7.40. The minimum Gasteiger partial charge on any atom is -0.316 e. The number of hydrogen-bond acceptors (Lipinski definition) is 4. The molecule has 0 aromatic carbocycles. The Bertz CT molecular complexity index is 164. The molecule has 96 valence electrons. The molecule has 0 radical (unpaired) electrons. The van der Waals surface area contributed by atoms with Crippen LogP contribution in [-0.4, -0.2) is 87.7 Å². The molecule has 0 saturated carbocycles. The van der Waals surface area contributed by atoms with Gasteiger partial charge in [-0.25, -0.2) is 0 Å². The van der Waals surface area contributed by atoms with Crippen molar-refractivity contribution in [2.45, 2.75) is 6.92 Å². The molecule has 0 amide bonds. The predicted molar refractivity (Wildman–Crippen MR) is 70.0 cm³/mol. The summed E-state index contributed by atoms with van der Waals surface area (Å²) in [5, 5.41) is 3.38. The fourth-order valence-electron chi connectivity index (χ4n) is 1.99. The van der Waals surface area contributed by atoms with Crippen molar-refractivity contribution in [1.29, 1.82) is 0 Å². The molecule has 0 aliphatic carbocycles. The van der Waals surface area contributed by atoms with Gasteiger partial charge >= 0.3 is 0 Å². The summed E-state index contributed by atoms with van der Waals surface area (Å²) in [6.07, 6.45) is 0. The minimum absolute atomic E-state index is 1.09. The number of piperazine rings is 1. The van der Waals surface area contributed by atoms with Crippen molar-refractivity contribution < 1.29 is 0 Å². The molecule has 1 heterocycles. The van der Waals surface area contributed by atoms with Crippen molar-refractivity contribution in [1.82, 2.24) is 20.0 Å². The first-order valence-electron chi connectivity index (χ1n) is 6.52. The minimum atomic E-state index is 1.09. The maximum Gasteiger partial charge on any atom is 0.0110 e. The van der Waals surface area contributed by atoms with Gasteiger partial charge in [-0.15, -0.1) is 0 Å². The van der Waals surface area contributed by atoms with Gasteiger partial charge in [-0.05, 0) is 20.6 Å². The van der Waals surface area contributed by atoms with Gasteiger partial charge < -0.3 is 10.2 Å². The highest BCUT2D eigenvalue weighted by Gasteiger charge is 2.15. The number of nitrogens with one attached hydrogen (secondary N) is 1. The molecule has 0 unspecified atom stereocenters. The van der Waals surface area contributed by atoms with Crippen LogP contribution in [0.3, 0.4) is 0 Å². The first-order chi connectivity index (χ1) is 7.72. The lowest BCUT2D eigenvalue weighted by atomic mass is 10.3. The third kappa shape index (κ3) is 5.80. The van der Waals surface area contributed by atoms with Crippen molar-refractivity contribution in [3.05, 3.63) is 0 Å². The van der Waals surface area contributed by atoms with Gasteiger partial charge in [0.1, 0.15) is 0 Å². The summed E-state index contributed by atoms with van der Waals surface area (Å²) < 4.78 is 0. The van der Waals surface area contributed by atoms with E-state index in [2.05, 4.69) is 41.0 Å². The lowest BCUT2D eigenvalue weighted by Gasteiger charge is -2.35. The molecule has 1 fully saturated rings. The fraction of sp³-hybridized carbons (Fsp3) is 1.00. The smallest absolute Gasteiger partial charge is 0.0110 e. The molecule has 0 bridgehead atoms. The fourth-order valence-corrected chi connectivity index (χ4v) is 1.99. The standard InChI is InChI=1S/C12H28N4/c1-4-13-5-6-15-9-11-16(12-10-15)8-7-14(2)3/h13H,4-12H2,1-3H3. The molecular formula is C12H28N4. The average Bonchev–Trinajstić information content (AvgIpc) is 2.28. The topological polar surface area (TPSA) is 21.8 Å². The number of hydrogen-bond donors (Lipinski definition) is 1. The zero-order valence-electron chi connectivity index (χ0n) is 11.2. The van der Waals surface area contributed by atoms with Crippen LogP contribution in [0.2, 0.25) is 0 Å². The summed E-state index contributed by atoms with van der Waals surface area (Å²) in [5.74, 6) is 0. The van der Waals surface area contributed by atoms with Gasteiger partial charge in [-0.2, -0.15) is 0 Å². The van der Waals surface area contributed by atoms with E-state index in [4.69, 9.17) is 0 Å². The zero-order chi connectivity index (χ0) is 11.8. The summed E-state index contributed by atoms with van der Waals surface area (Å²) in [7, 11) is 4.29. The molecule has 4 heteroatoms. The second-order valence-corrected chi connectivity index (χ2v) is 4.84. The van der Waals surface area contributed by atoms with Gasteiger partial charge in [0, 0.05) is 52.4 Å². The molecule has 16 heavy (non-hydrogen) atoms. The Hall–Kier alpha value is -0.160. The molecule has 0 aromatic heterocycles. The maximum atomic E-state index is 3.38. The van der Waals surface area contributed by atoms with E-state index in [1.807, 2.05) is 0 Å². The van der Waals surface area contributed by atoms with E-state index in [1.165, 1.54) is 45.8 Å². The lowest BCUT2D eigenvalue weighted by molar-refractivity contribution is 0.126. The van der Waals surface area contributed by atoms with E-state index in [1.54, 1.807) is 0 Å². The van der Waals surface area contributed by atoms with Gasteiger partial charge in [0.2, 0.25) is 0 Å². The van der Waals surface area contributed by atoms with Gasteiger partial charge in [-0.3, -0.25) is 9.80 Å². The summed E-state index contributed by atoms with van der Waals surface area (Å²) in [5.41, 5.74) is 0. The van der Waals surface area contributed by atoms with Crippen LogP contribution in [0.25, 0.3) is 0 Å². The molecule has 1 saturated heterocycles. The Labute approximate surface area is 101 Å². The quantitative estimate of drug-likeness (QED) is 0.608. The van der Waals surface area contributed by atoms with Gasteiger partial charge in [0.15, 0.2) is 0 Å². The van der Waals surface area contributed by atoms with Crippen LogP contribution >= 0.6 is 0 Å². The molecule has 1 rings (SSSR count). The Morgan fingerprint density at radius 3 is 2.06 bits per heavy atom. The highest BCUT2D eigenvalue weighted by Crippen LogP contribution is 2.00. The Morgan fingerprint density at radius 2 is 1.56 bits per heavy atom. The second kappa shape index (κ2) is 8.01. The van der Waals surface area contributed by atoms with Crippen molar-refractivity contribution in [3.63, 3.8) is 0 Å². The molecule has 0 aromatic rings. The van der Waals surface area contributed by atoms with E-state index in [0.29, 0.717) is 0 Å². The van der Waals surface area contributed by atoms with Crippen LogP contribution in [0.15, 0.2) is 0 Å². The van der Waals surface area contributed by atoms with E-state index >= 15 is 0 Å². The molecule has 0 spiro atoms. The van der Waals surface area contributed by atoms with Crippen LogP contribution < -0.4 is 5.32 Å². The average molecular weight is 228 g/mol. The van der Waals surface area contributed by atoms with E-state index in [0.717, 1.165) is 13.1 Å². The predicted octanol–water partition coefficient (Wildman–Crippen LogP) is -0.225. The van der Waals surface area contributed by atoms with E-state index in [9.17, 15) is 0 Å². The molecule has 0 atom stereocenters. The Balaban J connectivity index is 2.04. The maximum absolute atomic E-state index is 3.38. The van der Waals surface area contributed by atoms with Crippen LogP contribution in [0.5, 0.6) is 0 Å². The van der Waals surface area contributed by atoms with Crippen molar-refractivity contribution in [2.24, 2.45) is 0 Å². The SMILES string of the molecule is CCNCCN1CCN(CCN(C)C)CC1. The second-order valence-electron chi connectivity index (χ2n) is 4.84. The summed E-state index contributed by atoms with van der Waals surface area (Å²) in [6.45, 7) is 12.9. The third-order valence-corrected chi connectivity index (χ3v) is 3.18. The summed E-state index contributed by atoms with van der Waals surface area (Å²) in [6, 6.07) is 0. The highest BCUT2D eigenvalue weighted by molar-refractivity contribution is 4.72. The molecule has 1 aliphatic heterocycles. The number of rotatable bonds is 7. The molecule has 1 aliphatic rings. The molecule has 1 N–H and O–H groups in total. The first-order valence-corrected chi connectivity index (χ1v) is 6.52. The van der Waals surface area contributed by atoms with E-state index in [-0.39, 0.29) is 0 Å². The zero-order valence-corrected chi connectivity index (χ0v) is 11.2. The lowest BCUT2D eigenvalue weighted by Crippen LogP contribution is -2.49. The van der Waals surface area contributed by atoms with Gasteiger partial charge in [0.05, 0.1) is 0 Å². The number of likely N-dealkylation sites (N-methyl/N-ethyl adjacent to an activating group) is 2. The highest BCUT2D eigenvalue weighted by atomic mass is 15.3. The molecule has 4 nitrogen and oxygen atoms in total. The van der Waals surface area contributed by atoms with Crippen molar-refractivity contribution in [3.8, 4) is 0 Å².